The lowest BCUT2D eigenvalue weighted by atomic mass is 9.67. The quantitative estimate of drug-likeness (QED) is 0.238. The van der Waals surface area contributed by atoms with Crippen LogP contribution < -0.4 is 11.1 Å². The second-order valence-corrected chi connectivity index (χ2v) is 10.3. The number of carbonyl (C=O) groups is 2. The third-order valence-electron chi connectivity index (χ3n) is 8.06. The Labute approximate surface area is 234 Å². The van der Waals surface area contributed by atoms with Crippen LogP contribution in [-0.4, -0.2) is 17.9 Å². The number of primary amides is 1. The summed E-state index contributed by atoms with van der Waals surface area (Å²) in [6.07, 6.45) is 0.102. The number of amides is 2. The highest BCUT2D eigenvalue weighted by Crippen LogP contribution is 2.47. The fourth-order valence-corrected chi connectivity index (χ4v) is 6.31. The summed E-state index contributed by atoms with van der Waals surface area (Å²) < 4.78 is 0. The van der Waals surface area contributed by atoms with Crippen LogP contribution >= 0.6 is 0 Å². The Morgan fingerprint density at radius 1 is 0.600 bits per heavy atom. The molecule has 40 heavy (non-hydrogen) atoms. The molecule has 0 bridgehead atoms. The van der Waals surface area contributed by atoms with Gasteiger partial charge >= 0.3 is 0 Å². The standard InChI is InChI=1S/C36H30N2O2/c37-35(40)34(33-30-22-12-10-20-28(30)29-21-11-13-23-31(29)33)38-32(39)24-36(25-14-4-1-5-15-25,26-16-6-2-7-17-26)27-18-8-3-9-19-27/h1-23,33-34H,24H2,(H2,37,40)(H,38,39)/t34-/m1/s1. The van der Waals surface area contributed by atoms with Crippen molar-refractivity contribution in [2.24, 2.45) is 5.73 Å². The number of hydrogen-bond acceptors (Lipinski definition) is 2. The van der Waals surface area contributed by atoms with Crippen molar-refractivity contribution in [2.75, 3.05) is 0 Å². The monoisotopic (exact) mass is 522 g/mol. The van der Waals surface area contributed by atoms with Crippen molar-refractivity contribution in [3.05, 3.63) is 167 Å². The molecule has 0 spiro atoms. The minimum Gasteiger partial charge on any atom is -0.368 e. The fourth-order valence-electron chi connectivity index (χ4n) is 6.31. The van der Waals surface area contributed by atoms with Crippen LogP contribution in [0.25, 0.3) is 11.1 Å². The maximum absolute atomic E-state index is 14.2. The second kappa shape index (κ2) is 10.7. The van der Waals surface area contributed by atoms with Gasteiger partial charge in [-0.2, -0.15) is 0 Å². The molecule has 0 heterocycles. The van der Waals surface area contributed by atoms with Crippen LogP contribution in [0.15, 0.2) is 140 Å². The van der Waals surface area contributed by atoms with Gasteiger partial charge in [0.15, 0.2) is 0 Å². The van der Waals surface area contributed by atoms with Gasteiger partial charge in [0.1, 0.15) is 6.04 Å². The maximum Gasteiger partial charge on any atom is 0.240 e. The number of fused-ring (bicyclic) bond motifs is 3. The SMILES string of the molecule is NC(=O)[C@H](NC(=O)CC(c1ccccc1)(c1ccccc1)c1ccccc1)C1c2ccccc2-c2ccccc21. The van der Waals surface area contributed by atoms with Gasteiger partial charge in [0, 0.05) is 12.3 Å². The van der Waals surface area contributed by atoms with E-state index in [0.29, 0.717) is 0 Å². The number of hydrogen-bond donors (Lipinski definition) is 2. The molecule has 1 aliphatic carbocycles. The molecular weight excluding hydrogens is 492 g/mol. The molecule has 1 atom stereocenters. The minimum absolute atomic E-state index is 0.102. The Morgan fingerprint density at radius 2 is 0.975 bits per heavy atom. The van der Waals surface area contributed by atoms with E-state index in [1.165, 1.54) is 0 Å². The first-order chi connectivity index (χ1) is 19.6. The van der Waals surface area contributed by atoms with Crippen molar-refractivity contribution in [2.45, 2.75) is 23.8 Å². The van der Waals surface area contributed by atoms with Gasteiger partial charge in [0.05, 0.1) is 5.41 Å². The number of benzene rings is 5. The normalized spacial score (nSPS) is 13.2. The van der Waals surface area contributed by atoms with Gasteiger partial charge in [0.25, 0.3) is 0 Å². The van der Waals surface area contributed by atoms with Gasteiger partial charge in [-0.05, 0) is 38.9 Å². The van der Waals surface area contributed by atoms with E-state index in [2.05, 4.69) is 53.8 Å². The average molecular weight is 523 g/mol. The van der Waals surface area contributed by atoms with Gasteiger partial charge < -0.3 is 11.1 Å². The summed E-state index contributed by atoms with van der Waals surface area (Å²) in [5, 5.41) is 3.09. The molecule has 5 aromatic carbocycles. The molecule has 0 radical (unpaired) electrons. The van der Waals surface area contributed by atoms with Crippen LogP contribution in [0.2, 0.25) is 0 Å². The molecule has 6 rings (SSSR count). The molecule has 2 amide bonds. The Kier molecular flexibility index (Phi) is 6.75. The highest BCUT2D eigenvalue weighted by molar-refractivity contribution is 5.92. The number of carbonyl (C=O) groups excluding carboxylic acids is 2. The first-order valence-corrected chi connectivity index (χ1v) is 13.5. The van der Waals surface area contributed by atoms with Crippen molar-refractivity contribution in [1.82, 2.24) is 5.32 Å². The third-order valence-corrected chi connectivity index (χ3v) is 8.06. The van der Waals surface area contributed by atoms with Crippen LogP contribution in [0.3, 0.4) is 0 Å². The van der Waals surface area contributed by atoms with Crippen LogP contribution in [0, 0.1) is 0 Å². The van der Waals surface area contributed by atoms with Gasteiger partial charge in [-0.1, -0.05) is 140 Å². The lowest BCUT2D eigenvalue weighted by molar-refractivity contribution is -0.128. The van der Waals surface area contributed by atoms with E-state index >= 15 is 0 Å². The Hall–Kier alpha value is -4.96. The van der Waals surface area contributed by atoms with Crippen molar-refractivity contribution in [1.29, 1.82) is 0 Å². The summed E-state index contributed by atoms with van der Waals surface area (Å²) >= 11 is 0. The first kappa shape index (κ1) is 25.3. The number of nitrogens with one attached hydrogen (secondary N) is 1. The topological polar surface area (TPSA) is 72.2 Å². The molecule has 0 saturated carbocycles. The lowest BCUT2D eigenvalue weighted by Crippen LogP contribution is -2.49. The van der Waals surface area contributed by atoms with Crippen LogP contribution in [-0.2, 0) is 15.0 Å². The predicted molar refractivity (Wildman–Crippen MR) is 159 cm³/mol. The molecule has 0 aromatic heterocycles. The zero-order valence-corrected chi connectivity index (χ0v) is 22.0. The van der Waals surface area contributed by atoms with Gasteiger partial charge in [-0.3, -0.25) is 9.59 Å². The second-order valence-electron chi connectivity index (χ2n) is 10.3. The van der Waals surface area contributed by atoms with Crippen molar-refractivity contribution >= 4 is 11.8 Å². The lowest BCUT2D eigenvalue weighted by Gasteiger charge is -2.36. The molecule has 5 aromatic rings. The van der Waals surface area contributed by atoms with Gasteiger partial charge in [0.2, 0.25) is 11.8 Å². The van der Waals surface area contributed by atoms with Crippen LogP contribution in [0.5, 0.6) is 0 Å². The Morgan fingerprint density at radius 3 is 1.38 bits per heavy atom. The van der Waals surface area contributed by atoms with Crippen molar-refractivity contribution < 1.29 is 9.59 Å². The van der Waals surface area contributed by atoms with Gasteiger partial charge in [-0.25, -0.2) is 0 Å². The molecule has 0 aliphatic heterocycles. The zero-order chi connectivity index (χ0) is 27.5. The number of rotatable bonds is 8. The van der Waals surface area contributed by atoms with Crippen LogP contribution in [0.1, 0.15) is 40.2 Å². The Bertz CT molecular complexity index is 1510. The van der Waals surface area contributed by atoms with Gasteiger partial charge in [-0.15, -0.1) is 0 Å². The predicted octanol–water partition coefficient (Wildman–Crippen LogP) is 6.19. The summed E-state index contributed by atoms with van der Waals surface area (Å²) in [5.74, 6) is -1.18. The molecular formula is C36H30N2O2. The summed E-state index contributed by atoms with van der Waals surface area (Å²) in [5.41, 5.74) is 12.4. The summed E-state index contributed by atoms with van der Waals surface area (Å²) in [4.78, 5) is 27.2. The van der Waals surface area contributed by atoms with E-state index < -0.39 is 17.4 Å². The third kappa shape index (κ3) is 4.38. The smallest absolute Gasteiger partial charge is 0.240 e. The first-order valence-electron chi connectivity index (χ1n) is 13.5. The molecule has 0 saturated heterocycles. The summed E-state index contributed by atoms with van der Waals surface area (Å²) in [6.45, 7) is 0. The molecule has 3 N–H and O–H groups in total. The highest BCUT2D eigenvalue weighted by atomic mass is 16.2. The van der Waals surface area contributed by atoms with E-state index in [1.54, 1.807) is 0 Å². The average Bonchev–Trinajstić information content (AvgIpc) is 3.34. The fraction of sp³-hybridized carbons (Fsp3) is 0.111. The van der Waals surface area contributed by atoms with E-state index in [9.17, 15) is 9.59 Å². The maximum atomic E-state index is 14.2. The molecule has 4 nitrogen and oxygen atoms in total. The molecule has 1 aliphatic rings. The highest BCUT2D eigenvalue weighted by Gasteiger charge is 2.42. The van der Waals surface area contributed by atoms with E-state index in [-0.39, 0.29) is 18.2 Å². The number of nitrogens with two attached hydrogens (primary N) is 1. The summed E-state index contributed by atoms with van der Waals surface area (Å²) in [6, 6.07) is 45.4. The largest absolute Gasteiger partial charge is 0.368 e. The molecule has 4 heteroatoms. The minimum atomic E-state index is -0.905. The van der Waals surface area contributed by atoms with Crippen LogP contribution in [0.4, 0.5) is 0 Å². The van der Waals surface area contributed by atoms with E-state index in [4.69, 9.17) is 5.73 Å². The van der Waals surface area contributed by atoms with E-state index in [0.717, 1.165) is 38.9 Å². The zero-order valence-electron chi connectivity index (χ0n) is 22.0. The molecule has 0 fully saturated rings. The summed E-state index contributed by atoms with van der Waals surface area (Å²) in [7, 11) is 0. The van der Waals surface area contributed by atoms with E-state index in [1.807, 2.05) is 91.0 Å². The van der Waals surface area contributed by atoms with Crippen molar-refractivity contribution in [3.63, 3.8) is 0 Å². The molecule has 0 unspecified atom stereocenters. The Balaban J connectivity index is 1.43. The molecule has 196 valence electrons. The van der Waals surface area contributed by atoms with Crippen molar-refractivity contribution in [3.8, 4) is 11.1 Å².